The summed E-state index contributed by atoms with van der Waals surface area (Å²) in [6, 6.07) is 13.9. The Labute approximate surface area is 112 Å². The van der Waals surface area contributed by atoms with Gasteiger partial charge < -0.3 is 5.32 Å². The van der Waals surface area contributed by atoms with Gasteiger partial charge in [-0.1, -0.05) is 30.3 Å². The van der Waals surface area contributed by atoms with E-state index in [0.29, 0.717) is 5.92 Å². The number of amides is 1. The highest BCUT2D eigenvalue weighted by Crippen LogP contribution is 2.47. The van der Waals surface area contributed by atoms with Crippen LogP contribution in [0.3, 0.4) is 0 Å². The standard InChI is InChI=1S/C16H16N2O/c1-11-9-13(7-8-17-11)18-16(19)15-10-14(15)12-5-3-2-4-6-12/h2-9,14-15H,10H2,1H3,(H,17,18,19). The molecule has 3 heteroatoms. The Morgan fingerprint density at radius 1 is 1.26 bits per heavy atom. The molecule has 0 spiro atoms. The second-order valence-electron chi connectivity index (χ2n) is 5.03. The van der Waals surface area contributed by atoms with Gasteiger partial charge in [-0.05, 0) is 37.0 Å². The van der Waals surface area contributed by atoms with E-state index in [2.05, 4.69) is 22.4 Å². The highest BCUT2D eigenvalue weighted by Gasteiger charge is 2.43. The second kappa shape index (κ2) is 4.84. The van der Waals surface area contributed by atoms with Gasteiger partial charge in [0.25, 0.3) is 0 Å². The van der Waals surface area contributed by atoms with Gasteiger partial charge in [-0.2, -0.15) is 0 Å². The van der Waals surface area contributed by atoms with Crippen LogP contribution in [0, 0.1) is 12.8 Å². The number of hydrogen-bond donors (Lipinski definition) is 1. The number of nitrogens with one attached hydrogen (secondary N) is 1. The van der Waals surface area contributed by atoms with Crippen LogP contribution in [0.2, 0.25) is 0 Å². The highest BCUT2D eigenvalue weighted by molar-refractivity contribution is 5.95. The van der Waals surface area contributed by atoms with Crippen LogP contribution in [-0.4, -0.2) is 10.9 Å². The monoisotopic (exact) mass is 252 g/mol. The zero-order valence-electron chi connectivity index (χ0n) is 10.8. The van der Waals surface area contributed by atoms with Crippen molar-refractivity contribution in [1.29, 1.82) is 0 Å². The van der Waals surface area contributed by atoms with Crippen LogP contribution in [-0.2, 0) is 4.79 Å². The highest BCUT2D eigenvalue weighted by atomic mass is 16.2. The van der Waals surface area contributed by atoms with Crippen LogP contribution in [0.5, 0.6) is 0 Å². The van der Waals surface area contributed by atoms with E-state index >= 15 is 0 Å². The van der Waals surface area contributed by atoms with Crippen molar-refractivity contribution in [2.45, 2.75) is 19.3 Å². The Bertz CT molecular complexity index is 595. The molecule has 2 atom stereocenters. The molecule has 0 radical (unpaired) electrons. The van der Waals surface area contributed by atoms with E-state index in [1.54, 1.807) is 6.20 Å². The SMILES string of the molecule is Cc1cc(NC(=O)C2CC2c2ccccc2)ccn1. The summed E-state index contributed by atoms with van der Waals surface area (Å²) in [7, 11) is 0. The van der Waals surface area contributed by atoms with Crippen molar-refractivity contribution in [3.63, 3.8) is 0 Å². The van der Waals surface area contributed by atoms with E-state index in [4.69, 9.17) is 0 Å². The molecule has 0 saturated heterocycles. The molecule has 1 saturated carbocycles. The molecule has 2 aromatic rings. The summed E-state index contributed by atoms with van der Waals surface area (Å²) in [4.78, 5) is 16.3. The molecule has 1 aliphatic rings. The third-order valence-electron chi connectivity index (χ3n) is 3.52. The van der Waals surface area contributed by atoms with Gasteiger partial charge >= 0.3 is 0 Å². The Morgan fingerprint density at radius 2 is 2.05 bits per heavy atom. The van der Waals surface area contributed by atoms with Crippen LogP contribution in [0.1, 0.15) is 23.6 Å². The third-order valence-corrected chi connectivity index (χ3v) is 3.52. The van der Waals surface area contributed by atoms with Gasteiger partial charge in [0.2, 0.25) is 5.91 Å². The molecule has 1 fully saturated rings. The second-order valence-corrected chi connectivity index (χ2v) is 5.03. The van der Waals surface area contributed by atoms with Gasteiger partial charge in [0.15, 0.2) is 0 Å². The summed E-state index contributed by atoms with van der Waals surface area (Å²) in [6.07, 6.45) is 2.66. The number of aromatic nitrogens is 1. The number of anilines is 1. The summed E-state index contributed by atoms with van der Waals surface area (Å²) in [6.45, 7) is 1.92. The fourth-order valence-corrected chi connectivity index (χ4v) is 2.41. The first-order chi connectivity index (χ1) is 9.24. The van der Waals surface area contributed by atoms with Crippen LogP contribution in [0.4, 0.5) is 5.69 Å². The maximum Gasteiger partial charge on any atom is 0.228 e. The molecule has 1 aromatic heterocycles. The summed E-state index contributed by atoms with van der Waals surface area (Å²) < 4.78 is 0. The lowest BCUT2D eigenvalue weighted by atomic mass is 10.1. The molecular formula is C16H16N2O. The van der Waals surface area contributed by atoms with Crippen molar-refractivity contribution in [1.82, 2.24) is 4.98 Å². The lowest BCUT2D eigenvalue weighted by Crippen LogP contribution is -2.14. The van der Waals surface area contributed by atoms with Crippen LogP contribution in [0.15, 0.2) is 48.7 Å². The van der Waals surface area contributed by atoms with Crippen molar-refractivity contribution in [2.24, 2.45) is 5.92 Å². The maximum absolute atomic E-state index is 12.1. The van der Waals surface area contributed by atoms with Gasteiger partial charge in [0, 0.05) is 23.5 Å². The minimum absolute atomic E-state index is 0.107. The fraction of sp³-hybridized carbons (Fsp3) is 0.250. The first-order valence-electron chi connectivity index (χ1n) is 6.52. The number of nitrogens with zero attached hydrogens (tertiary/aromatic N) is 1. The number of aryl methyl sites for hydroxylation is 1. The van der Waals surface area contributed by atoms with E-state index < -0.39 is 0 Å². The smallest absolute Gasteiger partial charge is 0.228 e. The van der Waals surface area contributed by atoms with Crippen LogP contribution < -0.4 is 5.32 Å². The van der Waals surface area contributed by atoms with Crippen molar-refractivity contribution in [2.75, 3.05) is 5.32 Å². The van der Waals surface area contributed by atoms with Gasteiger partial charge in [0.05, 0.1) is 0 Å². The molecule has 2 unspecified atom stereocenters. The maximum atomic E-state index is 12.1. The zero-order valence-corrected chi connectivity index (χ0v) is 10.8. The first-order valence-corrected chi connectivity index (χ1v) is 6.52. The predicted octanol–water partition coefficient (Wildman–Crippen LogP) is 3.13. The largest absolute Gasteiger partial charge is 0.326 e. The molecule has 1 amide bonds. The summed E-state index contributed by atoms with van der Waals surface area (Å²) >= 11 is 0. The third kappa shape index (κ3) is 2.65. The quantitative estimate of drug-likeness (QED) is 0.911. The molecule has 3 rings (SSSR count). The molecule has 1 aromatic carbocycles. The zero-order chi connectivity index (χ0) is 13.2. The van der Waals surface area contributed by atoms with Gasteiger partial charge in [-0.3, -0.25) is 9.78 Å². The molecule has 1 N–H and O–H groups in total. The van der Waals surface area contributed by atoms with Gasteiger partial charge in [0.1, 0.15) is 0 Å². The average molecular weight is 252 g/mol. The lowest BCUT2D eigenvalue weighted by Gasteiger charge is -2.05. The van der Waals surface area contributed by atoms with E-state index in [9.17, 15) is 4.79 Å². The lowest BCUT2D eigenvalue weighted by molar-refractivity contribution is -0.117. The molecule has 19 heavy (non-hydrogen) atoms. The number of pyridine rings is 1. The minimum Gasteiger partial charge on any atom is -0.326 e. The Hall–Kier alpha value is -2.16. The number of rotatable bonds is 3. The molecule has 0 bridgehead atoms. The average Bonchev–Trinajstić information content (AvgIpc) is 3.20. The first kappa shape index (κ1) is 11.9. The Kier molecular flexibility index (Phi) is 3.03. The number of hydrogen-bond acceptors (Lipinski definition) is 2. The van der Waals surface area contributed by atoms with E-state index in [1.165, 1.54) is 5.56 Å². The van der Waals surface area contributed by atoms with Crippen LogP contribution >= 0.6 is 0 Å². The minimum atomic E-state index is 0.107. The topological polar surface area (TPSA) is 42.0 Å². The van der Waals surface area contributed by atoms with Crippen LogP contribution in [0.25, 0.3) is 0 Å². The normalized spacial score (nSPS) is 20.9. The van der Waals surface area contributed by atoms with Crippen molar-refractivity contribution >= 4 is 11.6 Å². The van der Waals surface area contributed by atoms with E-state index in [0.717, 1.165) is 17.8 Å². The molecular weight excluding hydrogens is 236 g/mol. The summed E-state index contributed by atoms with van der Waals surface area (Å²) in [5.74, 6) is 0.597. The summed E-state index contributed by atoms with van der Waals surface area (Å²) in [5.41, 5.74) is 3.00. The van der Waals surface area contributed by atoms with E-state index in [1.807, 2.05) is 37.3 Å². The predicted molar refractivity (Wildman–Crippen MR) is 74.9 cm³/mol. The van der Waals surface area contributed by atoms with Gasteiger partial charge in [-0.15, -0.1) is 0 Å². The Morgan fingerprint density at radius 3 is 2.79 bits per heavy atom. The number of carbonyl (C=O) groups is 1. The van der Waals surface area contributed by atoms with Crippen molar-refractivity contribution in [3.05, 3.63) is 59.9 Å². The molecule has 3 nitrogen and oxygen atoms in total. The number of benzene rings is 1. The summed E-state index contributed by atoms with van der Waals surface area (Å²) in [5, 5.41) is 2.97. The molecule has 0 aliphatic heterocycles. The van der Waals surface area contributed by atoms with Crippen molar-refractivity contribution < 1.29 is 4.79 Å². The Balaban J connectivity index is 1.64. The van der Waals surface area contributed by atoms with E-state index in [-0.39, 0.29) is 11.8 Å². The molecule has 1 heterocycles. The number of carbonyl (C=O) groups excluding carboxylic acids is 1. The molecule has 1 aliphatic carbocycles. The molecule has 96 valence electrons. The fourth-order valence-electron chi connectivity index (χ4n) is 2.41. The van der Waals surface area contributed by atoms with Crippen molar-refractivity contribution in [3.8, 4) is 0 Å². The van der Waals surface area contributed by atoms with Gasteiger partial charge in [-0.25, -0.2) is 0 Å².